The van der Waals surface area contributed by atoms with Crippen LogP contribution in [0.1, 0.15) is 41.9 Å². The van der Waals surface area contributed by atoms with Crippen molar-refractivity contribution in [1.29, 1.82) is 0 Å². The Bertz CT molecular complexity index is 1360. The number of nitrogens with one attached hydrogen (secondary N) is 1. The maximum atomic E-state index is 13.6. The van der Waals surface area contributed by atoms with Gasteiger partial charge in [0.05, 0.1) is 18.2 Å². The first kappa shape index (κ1) is 23.8. The van der Waals surface area contributed by atoms with E-state index in [1.807, 2.05) is 43.3 Å². The third kappa shape index (κ3) is 4.95. The molecule has 1 aromatic heterocycles. The molecule has 1 N–H and O–H groups in total. The van der Waals surface area contributed by atoms with Gasteiger partial charge in [0.15, 0.2) is 0 Å². The Morgan fingerprint density at radius 1 is 1.18 bits per heavy atom. The number of fused-ring (bicyclic) bond motifs is 2. The SMILES string of the molecule is C/C=C/Cc1ccc2[nH]c(C(=O)OCC)c(CCCOc3cccc4cc(F)ccc34)c2c1Cl. The van der Waals surface area contributed by atoms with E-state index in [0.717, 1.165) is 39.2 Å². The third-order valence-electron chi connectivity index (χ3n) is 5.77. The van der Waals surface area contributed by atoms with Gasteiger partial charge < -0.3 is 14.5 Å². The van der Waals surface area contributed by atoms with Crippen LogP contribution in [-0.4, -0.2) is 24.2 Å². The number of carbonyl (C=O) groups is 1. The van der Waals surface area contributed by atoms with E-state index in [1.165, 1.54) is 12.1 Å². The minimum absolute atomic E-state index is 0.277. The molecule has 0 saturated carbocycles. The summed E-state index contributed by atoms with van der Waals surface area (Å²) in [5.41, 5.74) is 3.08. The summed E-state index contributed by atoms with van der Waals surface area (Å²) in [6.07, 6.45) is 6.00. The van der Waals surface area contributed by atoms with Crippen LogP contribution >= 0.6 is 11.6 Å². The molecule has 0 radical (unpaired) electrons. The minimum Gasteiger partial charge on any atom is -0.493 e. The lowest BCUT2D eigenvalue weighted by Crippen LogP contribution is -2.09. The van der Waals surface area contributed by atoms with Crippen molar-refractivity contribution in [2.24, 2.45) is 0 Å². The second-order valence-electron chi connectivity index (χ2n) is 8.01. The Balaban J connectivity index is 1.58. The monoisotopic (exact) mass is 479 g/mol. The second-order valence-corrected chi connectivity index (χ2v) is 8.38. The lowest BCUT2D eigenvalue weighted by atomic mass is 10.0. The highest BCUT2D eigenvalue weighted by Crippen LogP contribution is 2.34. The van der Waals surface area contributed by atoms with Gasteiger partial charge in [-0.25, -0.2) is 9.18 Å². The summed E-state index contributed by atoms with van der Waals surface area (Å²) in [6, 6.07) is 14.2. The van der Waals surface area contributed by atoms with Crippen LogP contribution < -0.4 is 4.74 Å². The normalized spacial score (nSPS) is 11.5. The van der Waals surface area contributed by atoms with Crippen molar-refractivity contribution in [3.63, 3.8) is 0 Å². The van der Waals surface area contributed by atoms with Gasteiger partial charge in [-0.3, -0.25) is 0 Å². The Morgan fingerprint density at radius 2 is 2.03 bits per heavy atom. The van der Waals surface area contributed by atoms with Crippen molar-refractivity contribution >= 4 is 39.2 Å². The average Bonchev–Trinajstić information content (AvgIpc) is 3.21. The zero-order valence-corrected chi connectivity index (χ0v) is 20.0. The number of rotatable bonds is 9. The first-order chi connectivity index (χ1) is 16.5. The molecular weight excluding hydrogens is 453 g/mol. The molecule has 0 spiro atoms. The number of allylic oxidation sites excluding steroid dienone is 2. The summed E-state index contributed by atoms with van der Waals surface area (Å²) in [5.74, 6) is 0.0339. The first-order valence-electron chi connectivity index (χ1n) is 11.4. The number of aryl methyl sites for hydroxylation is 1. The van der Waals surface area contributed by atoms with Gasteiger partial charge in [-0.15, -0.1) is 0 Å². The fraction of sp³-hybridized carbons (Fsp3) is 0.250. The van der Waals surface area contributed by atoms with E-state index in [-0.39, 0.29) is 5.82 Å². The molecule has 0 aliphatic carbocycles. The van der Waals surface area contributed by atoms with Crippen molar-refractivity contribution < 1.29 is 18.7 Å². The molecule has 34 heavy (non-hydrogen) atoms. The van der Waals surface area contributed by atoms with Gasteiger partial charge in [-0.1, -0.05) is 42.0 Å². The number of halogens is 2. The van der Waals surface area contributed by atoms with Gasteiger partial charge in [0.25, 0.3) is 0 Å². The smallest absolute Gasteiger partial charge is 0.355 e. The Hall–Kier alpha value is -3.31. The summed E-state index contributed by atoms with van der Waals surface area (Å²) in [4.78, 5) is 15.9. The fourth-order valence-corrected chi connectivity index (χ4v) is 4.52. The van der Waals surface area contributed by atoms with Crippen LogP contribution in [0, 0.1) is 5.82 Å². The average molecular weight is 480 g/mol. The van der Waals surface area contributed by atoms with Gasteiger partial charge in [0.2, 0.25) is 0 Å². The van der Waals surface area contributed by atoms with Gasteiger partial charge in [-0.05, 0) is 80.0 Å². The van der Waals surface area contributed by atoms with Crippen molar-refractivity contribution in [3.8, 4) is 5.75 Å². The molecule has 0 unspecified atom stereocenters. The molecule has 0 atom stereocenters. The van der Waals surface area contributed by atoms with Crippen molar-refractivity contribution in [3.05, 3.63) is 88.3 Å². The zero-order chi connectivity index (χ0) is 24.1. The van der Waals surface area contributed by atoms with Gasteiger partial charge in [0.1, 0.15) is 17.3 Å². The molecule has 4 nitrogen and oxygen atoms in total. The Morgan fingerprint density at radius 3 is 2.82 bits per heavy atom. The number of H-pyrrole nitrogens is 1. The Labute approximate surface area is 203 Å². The van der Waals surface area contributed by atoms with E-state index in [4.69, 9.17) is 21.1 Å². The summed E-state index contributed by atoms with van der Waals surface area (Å²) in [6.45, 7) is 4.48. The topological polar surface area (TPSA) is 51.3 Å². The summed E-state index contributed by atoms with van der Waals surface area (Å²) < 4.78 is 24.9. The number of hydrogen-bond acceptors (Lipinski definition) is 3. The Kier molecular flexibility index (Phi) is 7.53. The van der Waals surface area contributed by atoms with E-state index in [1.54, 1.807) is 13.0 Å². The molecular formula is C28H27ClFNO3. The number of aromatic nitrogens is 1. The number of carbonyl (C=O) groups excluding carboxylic acids is 1. The highest BCUT2D eigenvalue weighted by molar-refractivity contribution is 6.36. The quantitative estimate of drug-likeness (QED) is 0.154. The van der Waals surface area contributed by atoms with E-state index in [9.17, 15) is 9.18 Å². The standard InChI is InChI=1S/C28H27ClFNO3/c1-3-5-8-18-12-15-23-25(26(18)29)22(27(31-23)28(32)33-4-2)10-7-16-34-24-11-6-9-19-17-20(30)13-14-21(19)24/h3,5-6,9,11-15,17,31H,4,7-8,10,16H2,1-2H3/b5-3+. The molecule has 0 fully saturated rings. The first-order valence-corrected chi connectivity index (χ1v) is 11.8. The van der Waals surface area contributed by atoms with Crippen LogP contribution in [0.3, 0.4) is 0 Å². The molecule has 1 heterocycles. The molecule has 0 amide bonds. The van der Waals surface area contributed by atoms with E-state index >= 15 is 0 Å². The molecule has 0 bridgehead atoms. The number of aromatic amines is 1. The summed E-state index contributed by atoms with van der Waals surface area (Å²) in [7, 11) is 0. The van der Waals surface area contributed by atoms with Crippen LogP contribution in [0.2, 0.25) is 5.02 Å². The van der Waals surface area contributed by atoms with E-state index < -0.39 is 5.97 Å². The summed E-state index contributed by atoms with van der Waals surface area (Å²) in [5, 5.41) is 3.15. The fourth-order valence-electron chi connectivity index (χ4n) is 4.17. The van der Waals surface area contributed by atoms with Crippen LogP contribution in [0.15, 0.2) is 60.7 Å². The number of benzene rings is 3. The largest absolute Gasteiger partial charge is 0.493 e. The molecule has 0 aliphatic heterocycles. The molecule has 6 heteroatoms. The maximum absolute atomic E-state index is 13.6. The van der Waals surface area contributed by atoms with Crippen molar-refractivity contribution in [2.45, 2.75) is 33.1 Å². The predicted molar refractivity (Wildman–Crippen MR) is 136 cm³/mol. The van der Waals surface area contributed by atoms with E-state index in [0.29, 0.717) is 42.5 Å². The highest BCUT2D eigenvalue weighted by Gasteiger charge is 2.21. The van der Waals surface area contributed by atoms with Crippen LogP contribution in [0.5, 0.6) is 5.75 Å². The van der Waals surface area contributed by atoms with Crippen molar-refractivity contribution in [1.82, 2.24) is 4.98 Å². The lowest BCUT2D eigenvalue weighted by molar-refractivity contribution is 0.0519. The van der Waals surface area contributed by atoms with Gasteiger partial charge >= 0.3 is 5.97 Å². The molecule has 0 aliphatic rings. The number of hydrogen-bond donors (Lipinski definition) is 1. The highest BCUT2D eigenvalue weighted by atomic mass is 35.5. The summed E-state index contributed by atoms with van der Waals surface area (Å²) >= 11 is 6.80. The maximum Gasteiger partial charge on any atom is 0.355 e. The molecule has 4 aromatic rings. The second kappa shape index (κ2) is 10.7. The predicted octanol–water partition coefficient (Wildman–Crippen LogP) is 7.42. The van der Waals surface area contributed by atoms with Crippen LogP contribution in [0.25, 0.3) is 21.7 Å². The molecule has 0 saturated heterocycles. The third-order valence-corrected chi connectivity index (χ3v) is 6.20. The number of esters is 1. The van der Waals surface area contributed by atoms with E-state index in [2.05, 4.69) is 11.1 Å². The van der Waals surface area contributed by atoms with Crippen LogP contribution in [0.4, 0.5) is 4.39 Å². The van der Waals surface area contributed by atoms with Gasteiger partial charge in [0, 0.05) is 16.3 Å². The zero-order valence-electron chi connectivity index (χ0n) is 19.3. The van der Waals surface area contributed by atoms with Crippen molar-refractivity contribution in [2.75, 3.05) is 13.2 Å². The van der Waals surface area contributed by atoms with Crippen LogP contribution in [-0.2, 0) is 17.6 Å². The minimum atomic E-state index is -0.392. The molecule has 3 aromatic carbocycles. The lowest BCUT2D eigenvalue weighted by Gasteiger charge is -2.11. The molecule has 4 rings (SSSR count). The van der Waals surface area contributed by atoms with Gasteiger partial charge in [-0.2, -0.15) is 0 Å². The number of ether oxygens (including phenoxy) is 2. The molecule has 176 valence electrons.